The summed E-state index contributed by atoms with van der Waals surface area (Å²) >= 11 is 0. The van der Waals surface area contributed by atoms with Crippen LogP contribution in [0.2, 0.25) is 0 Å². The van der Waals surface area contributed by atoms with E-state index in [0.717, 1.165) is 63.0 Å². The maximum absolute atomic E-state index is 11.8. The molecular formula is C44H49B2N3O6. The Bertz CT molecular complexity index is 1950. The molecule has 11 heteroatoms. The molecule has 282 valence electrons. The van der Waals surface area contributed by atoms with E-state index in [4.69, 9.17) is 35.8 Å². The average molecular weight is 738 g/mol. The smallest absolute Gasteiger partial charge is 0.399 e. The topological polar surface area (TPSA) is 149 Å². The molecule has 0 aromatic heterocycles. The monoisotopic (exact) mass is 737 g/mol. The van der Waals surface area contributed by atoms with Crippen molar-refractivity contribution in [1.82, 2.24) is 0 Å². The Morgan fingerprint density at radius 2 is 0.636 bits per heavy atom. The second kappa shape index (κ2) is 14.8. The number of anilines is 3. The zero-order chi connectivity index (χ0) is 39.9. The Labute approximate surface area is 324 Å². The first-order valence-electron chi connectivity index (χ1n) is 18.4. The molecule has 2 fully saturated rings. The Hall–Kier alpha value is -5.19. The summed E-state index contributed by atoms with van der Waals surface area (Å²) in [5.41, 5.74) is 26.2. The Morgan fingerprint density at radius 3 is 0.855 bits per heavy atom. The van der Waals surface area contributed by atoms with Crippen LogP contribution in [0.1, 0.15) is 76.1 Å². The van der Waals surface area contributed by atoms with E-state index >= 15 is 0 Å². The summed E-state index contributed by atoms with van der Waals surface area (Å²) in [5, 5.41) is 0. The van der Waals surface area contributed by atoms with E-state index in [1.807, 2.05) is 128 Å². The highest BCUT2D eigenvalue weighted by Gasteiger charge is 2.54. The number of benzene rings is 5. The fourth-order valence-electron chi connectivity index (χ4n) is 6.38. The van der Waals surface area contributed by atoms with Crippen LogP contribution in [0.4, 0.5) is 17.1 Å². The Kier molecular flexibility index (Phi) is 10.6. The highest BCUT2D eigenvalue weighted by Crippen LogP contribution is 2.39. The SMILES string of the molecule is CC1(C)OB(c2cc(C=O)c(B3OC(C)(C)C(C)(C)O3)cc2C=O)OC1(C)C.Nc1ccc(-c2cc(-c3ccc(N)cc3)cc(-c3ccc(N)cc3)c2)cc1. The van der Waals surface area contributed by atoms with Crippen molar-refractivity contribution in [3.8, 4) is 33.4 Å². The first-order chi connectivity index (χ1) is 25.8. The number of hydrogen-bond acceptors (Lipinski definition) is 9. The van der Waals surface area contributed by atoms with E-state index in [0.29, 0.717) is 22.1 Å². The highest BCUT2D eigenvalue weighted by atomic mass is 16.7. The van der Waals surface area contributed by atoms with Gasteiger partial charge in [0.15, 0.2) is 0 Å². The number of nitrogen functional groups attached to an aromatic ring is 3. The maximum atomic E-state index is 11.8. The van der Waals surface area contributed by atoms with Crippen molar-refractivity contribution >= 4 is 54.8 Å². The van der Waals surface area contributed by atoms with Crippen LogP contribution in [0.25, 0.3) is 33.4 Å². The van der Waals surface area contributed by atoms with Gasteiger partial charge in [0, 0.05) is 28.2 Å². The van der Waals surface area contributed by atoms with Crippen molar-refractivity contribution in [3.63, 3.8) is 0 Å². The van der Waals surface area contributed by atoms with Crippen LogP contribution in [0.15, 0.2) is 103 Å². The van der Waals surface area contributed by atoms with Crippen LogP contribution in [0, 0.1) is 0 Å². The molecule has 0 bridgehead atoms. The second-order valence-corrected chi connectivity index (χ2v) is 16.2. The lowest BCUT2D eigenvalue weighted by atomic mass is 9.69. The van der Waals surface area contributed by atoms with Gasteiger partial charge in [-0.2, -0.15) is 0 Å². The van der Waals surface area contributed by atoms with E-state index in [2.05, 4.69) is 18.2 Å². The van der Waals surface area contributed by atoms with Gasteiger partial charge in [0.25, 0.3) is 0 Å². The van der Waals surface area contributed by atoms with E-state index in [-0.39, 0.29) is 0 Å². The number of rotatable bonds is 7. The number of aldehydes is 2. The molecule has 2 saturated heterocycles. The summed E-state index contributed by atoms with van der Waals surface area (Å²) in [6, 6.07) is 33.7. The highest BCUT2D eigenvalue weighted by molar-refractivity contribution is 6.66. The zero-order valence-electron chi connectivity index (χ0n) is 32.8. The van der Waals surface area contributed by atoms with Gasteiger partial charge in [0.05, 0.1) is 22.4 Å². The van der Waals surface area contributed by atoms with Crippen molar-refractivity contribution in [1.29, 1.82) is 0 Å². The molecule has 0 amide bonds. The van der Waals surface area contributed by atoms with E-state index < -0.39 is 36.6 Å². The van der Waals surface area contributed by atoms with Gasteiger partial charge in [0.1, 0.15) is 12.6 Å². The zero-order valence-corrected chi connectivity index (χ0v) is 32.8. The van der Waals surface area contributed by atoms with Crippen LogP contribution in [-0.4, -0.2) is 49.2 Å². The summed E-state index contributed by atoms with van der Waals surface area (Å²) in [6.45, 7) is 15.5. The molecule has 0 aliphatic carbocycles. The van der Waals surface area contributed by atoms with Crippen LogP contribution < -0.4 is 28.1 Å². The van der Waals surface area contributed by atoms with Gasteiger partial charge >= 0.3 is 14.2 Å². The predicted molar refractivity (Wildman–Crippen MR) is 225 cm³/mol. The van der Waals surface area contributed by atoms with Gasteiger partial charge < -0.3 is 35.8 Å². The van der Waals surface area contributed by atoms with Crippen molar-refractivity contribution in [2.24, 2.45) is 0 Å². The maximum Gasteiger partial charge on any atom is 0.495 e. The molecule has 55 heavy (non-hydrogen) atoms. The normalized spacial score (nSPS) is 17.7. The molecule has 2 aliphatic rings. The van der Waals surface area contributed by atoms with Gasteiger partial charge in [-0.3, -0.25) is 9.59 Å². The quantitative estimate of drug-likeness (QED) is 0.0886. The fourth-order valence-corrected chi connectivity index (χ4v) is 6.38. The molecule has 0 radical (unpaired) electrons. The van der Waals surface area contributed by atoms with Crippen molar-refractivity contribution < 1.29 is 28.2 Å². The molecule has 0 saturated carbocycles. The lowest BCUT2D eigenvalue weighted by molar-refractivity contribution is 0.00578. The molecule has 0 atom stereocenters. The first-order valence-corrected chi connectivity index (χ1v) is 18.4. The molecule has 0 unspecified atom stereocenters. The van der Waals surface area contributed by atoms with Crippen molar-refractivity contribution in [3.05, 3.63) is 114 Å². The third kappa shape index (κ3) is 8.11. The lowest BCUT2D eigenvalue weighted by Gasteiger charge is -2.32. The van der Waals surface area contributed by atoms with E-state index in [1.165, 1.54) is 0 Å². The van der Waals surface area contributed by atoms with Gasteiger partial charge in [-0.25, -0.2) is 0 Å². The van der Waals surface area contributed by atoms with Gasteiger partial charge in [-0.15, -0.1) is 0 Å². The minimum absolute atomic E-state index is 0.383. The van der Waals surface area contributed by atoms with E-state index in [9.17, 15) is 9.59 Å². The van der Waals surface area contributed by atoms with Crippen molar-refractivity contribution in [2.45, 2.75) is 77.8 Å². The van der Waals surface area contributed by atoms with Crippen LogP contribution in [-0.2, 0) is 18.6 Å². The van der Waals surface area contributed by atoms with Crippen LogP contribution in [0.5, 0.6) is 0 Å². The van der Waals surface area contributed by atoms with Gasteiger partial charge in [0.2, 0.25) is 0 Å². The minimum atomic E-state index is -0.740. The summed E-state index contributed by atoms with van der Waals surface area (Å²) < 4.78 is 24.3. The molecule has 5 aromatic carbocycles. The number of carbonyl (C=O) groups is 2. The third-order valence-corrected chi connectivity index (χ3v) is 11.2. The molecule has 5 aromatic rings. The Morgan fingerprint density at radius 1 is 0.400 bits per heavy atom. The van der Waals surface area contributed by atoms with Gasteiger partial charge in [-0.1, -0.05) is 48.5 Å². The standard InChI is InChI=1S/C24H21N3.C20H28B2O6/c25-22-7-1-16(2-8-22)19-13-20(17-3-9-23(26)10-4-17)15-21(14-19)18-5-11-24(27)12-6-18;1-17(2)18(3,4)26-21(25-17)15-9-14(12-24)16(10-13(15)11-23)22-27-19(5,6)20(7,8)28-22/h1-15H,25-27H2;9-12H,1-8H3. The molecule has 6 N–H and O–H groups in total. The largest absolute Gasteiger partial charge is 0.495 e. The number of hydrogen-bond donors (Lipinski definition) is 3. The molecule has 2 aliphatic heterocycles. The summed E-state index contributed by atoms with van der Waals surface area (Å²) in [6.07, 6.45) is 1.48. The second-order valence-electron chi connectivity index (χ2n) is 16.2. The van der Waals surface area contributed by atoms with Crippen molar-refractivity contribution in [2.75, 3.05) is 17.2 Å². The predicted octanol–water partition coefficient (Wildman–Crippen LogP) is 7.34. The molecule has 2 heterocycles. The van der Waals surface area contributed by atoms with Crippen LogP contribution >= 0.6 is 0 Å². The minimum Gasteiger partial charge on any atom is -0.399 e. The lowest BCUT2D eigenvalue weighted by Crippen LogP contribution is -2.43. The molecule has 9 nitrogen and oxygen atoms in total. The number of nitrogens with two attached hydrogens (primary N) is 3. The molecular weight excluding hydrogens is 688 g/mol. The summed E-state index contributed by atoms with van der Waals surface area (Å²) in [4.78, 5) is 23.7. The number of carbonyl (C=O) groups excluding carboxylic acids is 2. The molecule has 0 spiro atoms. The summed E-state index contributed by atoms with van der Waals surface area (Å²) in [5.74, 6) is 0. The van der Waals surface area contributed by atoms with Crippen LogP contribution in [0.3, 0.4) is 0 Å². The Balaban J connectivity index is 0.000000187. The van der Waals surface area contributed by atoms with E-state index in [1.54, 1.807) is 12.1 Å². The average Bonchev–Trinajstić information content (AvgIpc) is 3.50. The molecule has 7 rings (SSSR count). The third-order valence-electron chi connectivity index (χ3n) is 11.2. The summed E-state index contributed by atoms with van der Waals surface area (Å²) in [7, 11) is -1.48. The van der Waals surface area contributed by atoms with Gasteiger partial charge in [-0.05, 0) is 154 Å². The fraction of sp³-hybridized carbons (Fsp3) is 0.273. The first kappa shape index (κ1) is 39.5.